The molecule has 3 atom stereocenters. The minimum Gasteiger partial charge on any atom is -0.464 e. The van der Waals surface area contributed by atoms with Gasteiger partial charge in [0.2, 0.25) is 0 Å². The van der Waals surface area contributed by atoms with Crippen LogP contribution in [-0.2, 0) is 17.8 Å². The predicted octanol–water partition coefficient (Wildman–Crippen LogP) is 2.59. The summed E-state index contributed by atoms with van der Waals surface area (Å²) < 4.78 is 14.0. The molecule has 3 heterocycles. The summed E-state index contributed by atoms with van der Waals surface area (Å²) in [4.78, 5) is 2.38. The first-order valence-electron chi connectivity index (χ1n) is 8.55. The molecule has 0 N–H and O–H groups in total. The zero-order chi connectivity index (χ0) is 15.8. The molecule has 1 aliphatic heterocycles. The van der Waals surface area contributed by atoms with E-state index in [4.69, 9.17) is 9.15 Å². The Hall–Kier alpha value is -1.66. The number of ether oxygens (including phenoxy) is 1. The van der Waals surface area contributed by atoms with Crippen LogP contribution in [0.25, 0.3) is 0 Å². The fraction of sp³-hybridized carbons (Fsp3) is 0.647. The summed E-state index contributed by atoms with van der Waals surface area (Å²) in [7, 11) is 0. The van der Waals surface area contributed by atoms with Crippen LogP contribution in [0.15, 0.2) is 22.9 Å². The summed E-state index contributed by atoms with van der Waals surface area (Å²) in [5.41, 5.74) is 0. The second kappa shape index (κ2) is 6.09. The van der Waals surface area contributed by atoms with Gasteiger partial charge in [0, 0.05) is 25.6 Å². The largest absolute Gasteiger partial charge is 0.464 e. The third kappa shape index (κ3) is 3.05. The minimum atomic E-state index is -0.0101. The van der Waals surface area contributed by atoms with Crippen LogP contribution in [0.2, 0.25) is 0 Å². The smallest absolute Gasteiger partial charge is 0.163 e. The maximum Gasteiger partial charge on any atom is 0.163 e. The zero-order valence-corrected chi connectivity index (χ0v) is 13.8. The predicted molar refractivity (Wildman–Crippen MR) is 84.9 cm³/mol. The maximum atomic E-state index is 6.04. The highest BCUT2D eigenvalue weighted by Crippen LogP contribution is 2.47. The Morgan fingerprint density at radius 1 is 1.35 bits per heavy atom. The van der Waals surface area contributed by atoms with Crippen molar-refractivity contribution < 1.29 is 9.15 Å². The van der Waals surface area contributed by atoms with Gasteiger partial charge in [0.15, 0.2) is 5.82 Å². The molecule has 6 heteroatoms. The van der Waals surface area contributed by atoms with Crippen LogP contribution in [0, 0.1) is 5.92 Å². The third-order valence-corrected chi connectivity index (χ3v) is 4.96. The summed E-state index contributed by atoms with van der Waals surface area (Å²) in [5.74, 6) is 4.55. The molecule has 0 aromatic carbocycles. The Morgan fingerprint density at radius 2 is 2.22 bits per heavy atom. The Labute approximate surface area is 136 Å². The fourth-order valence-electron chi connectivity index (χ4n) is 3.38. The van der Waals surface area contributed by atoms with Crippen molar-refractivity contribution in [1.82, 2.24) is 19.7 Å². The average Bonchev–Trinajstić information content (AvgIpc) is 2.97. The Bertz CT molecular complexity index is 665. The van der Waals surface area contributed by atoms with Crippen molar-refractivity contribution in [3.05, 3.63) is 35.8 Å². The van der Waals surface area contributed by atoms with E-state index in [1.807, 2.05) is 4.57 Å². The second-order valence-electron chi connectivity index (χ2n) is 6.69. The number of nitrogens with zero attached hydrogens (tertiary/aromatic N) is 4. The van der Waals surface area contributed by atoms with Gasteiger partial charge in [0.1, 0.15) is 24.0 Å². The maximum absolute atomic E-state index is 6.04. The molecule has 0 radical (unpaired) electrons. The molecule has 2 aliphatic rings. The lowest BCUT2D eigenvalue weighted by Crippen LogP contribution is -2.38. The lowest BCUT2D eigenvalue weighted by Gasteiger charge is -2.31. The molecule has 2 aromatic rings. The number of aromatic nitrogens is 3. The molecule has 4 rings (SSSR count). The number of furan rings is 1. The van der Waals surface area contributed by atoms with Gasteiger partial charge in [-0.05, 0) is 31.4 Å². The number of rotatable bonds is 5. The molecule has 0 unspecified atom stereocenters. The van der Waals surface area contributed by atoms with Crippen LogP contribution >= 0.6 is 0 Å². The van der Waals surface area contributed by atoms with Gasteiger partial charge in [-0.2, -0.15) is 0 Å². The topological polar surface area (TPSA) is 56.3 Å². The van der Waals surface area contributed by atoms with Gasteiger partial charge in [-0.25, -0.2) is 0 Å². The van der Waals surface area contributed by atoms with Crippen molar-refractivity contribution in [3.63, 3.8) is 0 Å². The first-order chi connectivity index (χ1) is 11.2. The number of hydrogen-bond acceptors (Lipinski definition) is 5. The monoisotopic (exact) mass is 316 g/mol. The van der Waals surface area contributed by atoms with Gasteiger partial charge in [-0.1, -0.05) is 6.92 Å². The van der Waals surface area contributed by atoms with Crippen molar-refractivity contribution in [2.24, 2.45) is 5.92 Å². The van der Waals surface area contributed by atoms with E-state index in [0.29, 0.717) is 12.5 Å². The molecule has 2 fully saturated rings. The molecule has 1 aliphatic carbocycles. The van der Waals surface area contributed by atoms with E-state index in [1.54, 1.807) is 6.33 Å². The SMILES string of the molecule is CCn1cnnc1[C@@H]1CN(Cc2ccc([C@H]3C[C@@H]3C)o2)CCO1. The van der Waals surface area contributed by atoms with E-state index in [-0.39, 0.29) is 6.10 Å². The molecule has 2 aromatic heterocycles. The highest BCUT2D eigenvalue weighted by molar-refractivity contribution is 5.17. The minimum absolute atomic E-state index is 0.0101. The van der Waals surface area contributed by atoms with Crippen LogP contribution in [0.5, 0.6) is 0 Å². The Morgan fingerprint density at radius 3 is 3.00 bits per heavy atom. The Kier molecular flexibility index (Phi) is 3.95. The standard InChI is InChI=1S/C17H24N4O2/c1-3-21-11-18-19-17(21)16-10-20(6-7-22-16)9-13-4-5-15(23-13)14-8-12(14)2/h4-5,11-12,14,16H,3,6-10H2,1-2H3/t12-,14-,16-/m0/s1. The van der Waals surface area contributed by atoms with Crippen molar-refractivity contribution in [2.45, 2.75) is 45.4 Å². The first kappa shape index (κ1) is 14.9. The summed E-state index contributed by atoms with van der Waals surface area (Å²) in [6.07, 6.45) is 3.02. The molecule has 6 nitrogen and oxygen atoms in total. The van der Waals surface area contributed by atoms with Gasteiger partial charge >= 0.3 is 0 Å². The van der Waals surface area contributed by atoms with Crippen molar-refractivity contribution in [2.75, 3.05) is 19.7 Å². The number of morpholine rings is 1. The summed E-state index contributed by atoms with van der Waals surface area (Å²) in [6.45, 7) is 8.54. The normalized spacial score (nSPS) is 28.2. The molecule has 124 valence electrons. The molecule has 23 heavy (non-hydrogen) atoms. The van der Waals surface area contributed by atoms with Crippen molar-refractivity contribution in [3.8, 4) is 0 Å². The van der Waals surface area contributed by atoms with E-state index in [2.05, 4.69) is 41.1 Å². The van der Waals surface area contributed by atoms with Crippen LogP contribution in [0.3, 0.4) is 0 Å². The van der Waals surface area contributed by atoms with Gasteiger partial charge in [0.25, 0.3) is 0 Å². The van der Waals surface area contributed by atoms with E-state index in [9.17, 15) is 0 Å². The van der Waals surface area contributed by atoms with Crippen molar-refractivity contribution in [1.29, 1.82) is 0 Å². The molecule has 1 saturated heterocycles. The van der Waals surface area contributed by atoms with E-state index in [0.717, 1.165) is 49.4 Å². The van der Waals surface area contributed by atoms with Gasteiger partial charge < -0.3 is 13.7 Å². The molecule has 0 bridgehead atoms. The number of hydrogen-bond donors (Lipinski definition) is 0. The van der Waals surface area contributed by atoms with E-state index >= 15 is 0 Å². The van der Waals surface area contributed by atoms with Gasteiger partial charge in [0.05, 0.1) is 13.2 Å². The molecule has 0 spiro atoms. The summed E-state index contributed by atoms with van der Waals surface area (Å²) in [5, 5.41) is 8.24. The van der Waals surface area contributed by atoms with Crippen LogP contribution in [0.4, 0.5) is 0 Å². The van der Waals surface area contributed by atoms with Crippen molar-refractivity contribution >= 4 is 0 Å². The third-order valence-electron chi connectivity index (χ3n) is 4.96. The van der Waals surface area contributed by atoms with Crippen LogP contribution in [-0.4, -0.2) is 39.4 Å². The zero-order valence-electron chi connectivity index (χ0n) is 13.8. The van der Waals surface area contributed by atoms with Gasteiger partial charge in [-0.3, -0.25) is 4.90 Å². The first-order valence-corrected chi connectivity index (χ1v) is 8.55. The number of aryl methyl sites for hydroxylation is 1. The Balaban J connectivity index is 1.40. The highest BCUT2D eigenvalue weighted by Gasteiger charge is 2.36. The highest BCUT2D eigenvalue weighted by atomic mass is 16.5. The second-order valence-corrected chi connectivity index (χ2v) is 6.69. The van der Waals surface area contributed by atoms with Crippen LogP contribution in [0.1, 0.15) is 49.6 Å². The molecular formula is C17H24N4O2. The average molecular weight is 316 g/mol. The molecule has 0 amide bonds. The quantitative estimate of drug-likeness (QED) is 0.848. The molecular weight excluding hydrogens is 292 g/mol. The van der Waals surface area contributed by atoms with E-state index < -0.39 is 0 Å². The molecule has 1 saturated carbocycles. The lowest BCUT2D eigenvalue weighted by molar-refractivity contribution is -0.0406. The van der Waals surface area contributed by atoms with Crippen LogP contribution < -0.4 is 0 Å². The summed E-state index contributed by atoms with van der Waals surface area (Å²) >= 11 is 0. The summed E-state index contributed by atoms with van der Waals surface area (Å²) in [6, 6.07) is 4.27. The fourth-order valence-corrected chi connectivity index (χ4v) is 3.38. The van der Waals surface area contributed by atoms with Gasteiger partial charge in [-0.15, -0.1) is 10.2 Å². The lowest BCUT2D eigenvalue weighted by atomic mass is 10.2. The van der Waals surface area contributed by atoms with E-state index in [1.165, 1.54) is 6.42 Å².